The lowest BCUT2D eigenvalue weighted by molar-refractivity contribution is 0.498. The van der Waals surface area contributed by atoms with E-state index in [0.717, 1.165) is 16.1 Å². The molecule has 0 radical (unpaired) electrons. The van der Waals surface area contributed by atoms with Gasteiger partial charge in [0.1, 0.15) is 0 Å². The van der Waals surface area contributed by atoms with Crippen LogP contribution in [0.2, 0.25) is 5.02 Å². The van der Waals surface area contributed by atoms with E-state index in [-0.39, 0.29) is 4.83 Å². The highest BCUT2D eigenvalue weighted by Gasteiger charge is 2.16. The number of alkyl halides is 1. The fourth-order valence-corrected chi connectivity index (χ4v) is 3.78. The Hall–Kier alpha value is -0.450. The van der Waals surface area contributed by atoms with E-state index in [0.29, 0.717) is 17.0 Å². The first-order valence-corrected chi connectivity index (χ1v) is 7.59. The zero-order valence-electron chi connectivity index (χ0n) is 9.64. The average Bonchev–Trinajstić information content (AvgIpc) is 2.34. The molecule has 2 aromatic rings. The van der Waals surface area contributed by atoms with E-state index < -0.39 is 11.6 Å². The Labute approximate surface area is 132 Å². The first-order chi connectivity index (χ1) is 8.99. The minimum absolute atomic E-state index is 0.129. The quantitative estimate of drug-likeness (QED) is 0.540. The summed E-state index contributed by atoms with van der Waals surface area (Å²) in [6.45, 7) is 0. The molecule has 0 amide bonds. The Kier molecular flexibility index (Phi) is 4.98. The van der Waals surface area contributed by atoms with Crippen LogP contribution < -0.4 is 0 Å². The SMILES string of the molecule is Fc1cccc(CC(Br)c2ccc(Cl)cc2Br)c1F. The fraction of sp³-hybridized carbons (Fsp3) is 0.143. The molecule has 0 fully saturated rings. The molecule has 0 saturated heterocycles. The van der Waals surface area contributed by atoms with Crippen molar-refractivity contribution in [3.8, 4) is 0 Å². The number of hydrogen-bond donors (Lipinski definition) is 0. The van der Waals surface area contributed by atoms with Gasteiger partial charge in [-0.2, -0.15) is 0 Å². The number of rotatable bonds is 3. The third kappa shape index (κ3) is 3.56. The van der Waals surface area contributed by atoms with E-state index >= 15 is 0 Å². The van der Waals surface area contributed by atoms with Gasteiger partial charge in [0, 0.05) is 14.3 Å². The molecule has 0 aliphatic heterocycles. The van der Waals surface area contributed by atoms with Gasteiger partial charge in [0.15, 0.2) is 11.6 Å². The Balaban J connectivity index is 2.25. The summed E-state index contributed by atoms with van der Waals surface area (Å²) < 4.78 is 27.6. The number of hydrogen-bond acceptors (Lipinski definition) is 0. The van der Waals surface area contributed by atoms with Crippen LogP contribution in [0, 0.1) is 11.6 Å². The summed E-state index contributed by atoms with van der Waals surface area (Å²) in [6, 6.07) is 9.58. The Morgan fingerprint density at radius 3 is 2.58 bits per heavy atom. The maximum Gasteiger partial charge on any atom is 0.162 e. The Morgan fingerprint density at radius 1 is 1.16 bits per heavy atom. The highest BCUT2D eigenvalue weighted by Crippen LogP contribution is 2.34. The van der Waals surface area contributed by atoms with Gasteiger partial charge in [0.2, 0.25) is 0 Å². The largest absolute Gasteiger partial charge is 0.204 e. The number of benzene rings is 2. The van der Waals surface area contributed by atoms with Crippen molar-refractivity contribution in [1.29, 1.82) is 0 Å². The highest BCUT2D eigenvalue weighted by atomic mass is 79.9. The standard InChI is InChI=1S/C14H9Br2ClF2/c15-11(10-5-4-9(17)7-12(10)16)6-8-2-1-3-13(18)14(8)19/h1-5,7,11H,6H2. The van der Waals surface area contributed by atoms with Crippen LogP contribution in [0.3, 0.4) is 0 Å². The molecule has 100 valence electrons. The summed E-state index contributed by atoms with van der Waals surface area (Å²) in [5, 5.41) is 0.618. The van der Waals surface area contributed by atoms with Gasteiger partial charge in [-0.15, -0.1) is 0 Å². The van der Waals surface area contributed by atoms with Crippen LogP contribution in [0.1, 0.15) is 16.0 Å². The molecule has 0 aliphatic carbocycles. The predicted molar refractivity (Wildman–Crippen MR) is 80.9 cm³/mol. The topological polar surface area (TPSA) is 0 Å². The highest BCUT2D eigenvalue weighted by molar-refractivity contribution is 9.11. The summed E-state index contributed by atoms with van der Waals surface area (Å²) in [5.74, 6) is -1.62. The summed E-state index contributed by atoms with van der Waals surface area (Å²) in [6.07, 6.45) is 0.351. The van der Waals surface area contributed by atoms with Crippen LogP contribution in [0.5, 0.6) is 0 Å². The van der Waals surface area contributed by atoms with Crippen LogP contribution in [0.15, 0.2) is 40.9 Å². The Morgan fingerprint density at radius 2 is 1.89 bits per heavy atom. The van der Waals surface area contributed by atoms with Gasteiger partial charge in [-0.05, 0) is 35.7 Å². The molecule has 2 aromatic carbocycles. The van der Waals surface area contributed by atoms with Crippen molar-refractivity contribution < 1.29 is 8.78 Å². The van der Waals surface area contributed by atoms with Crippen LogP contribution in [0.25, 0.3) is 0 Å². The van der Waals surface area contributed by atoms with Gasteiger partial charge in [0.05, 0.1) is 0 Å². The van der Waals surface area contributed by atoms with E-state index in [4.69, 9.17) is 11.6 Å². The third-order valence-electron chi connectivity index (χ3n) is 2.73. The van der Waals surface area contributed by atoms with Gasteiger partial charge >= 0.3 is 0 Å². The minimum atomic E-state index is -0.827. The van der Waals surface area contributed by atoms with Gasteiger partial charge in [-0.3, -0.25) is 0 Å². The monoisotopic (exact) mass is 408 g/mol. The van der Waals surface area contributed by atoms with Crippen molar-refractivity contribution in [3.63, 3.8) is 0 Å². The van der Waals surface area contributed by atoms with Gasteiger partial charge < -0.3 is 0 Å². The molecule has 0 aliphatic rings. The molecular weight excluding hydrogens is 401 g/mol. The first-order valence-electron chi connectivity index (χ1n) is 5.51. The maximum atomic E-state index is 13.6. The van der Waals surface area contributed by atoms with Crippen LogP contribution in [0.4, 0.5) is 8.78 Å². The van der Waals surface area contributed by atoms with E-state index in [9.17, 15) is 8.78 Å². The molecule has 2 rings (SSSR count). The number of halogens is 5. The van der Waals surface area contributed by atoms with Crippen LogP contribution in [-0.4, -0.2) is 0 Å². The molecule has 0 heterocycles. The zero-order valence-corrected chi connectivity index (χ0v) is 13.6. The average molecular weight is 410 g/mol. The second kappa shape index (κ2) is 6.33. The summed E-state index contributed by atoms with van der Waals surface area (Å²) in [7, 11) is 0. The molecule has 19 heavy (non-hydrogen) atoms. The second-order valence-corrected chi connectivity index (χ2v) is 6.45. The lowest BCUT2D eigenvalue weighted by Crippen LogP contribution is -2.00. The van der Waals surface area contributed by atoms with Crippen molar-refractivity contribution in [3.05, 3.63) is 68.7 Å². The lowest BCUT2D eigenvalue weighted by Gasteiger charge is -2.13. The molecule has 0 bridgehead atoms. The molecule has 1 unspecified atom stereocenters. The first kappa shape index (κ1) is 14.9. The van der Waals surface area contributed by atoms with Crippen molar-refractivity contribution in [2.24, 2.45) is 0 Å². The molecule has 0 spiro atoms. The van der Waals surface area contributed by atoms with Crippen molar-refractivity contribution >= 4 is 43.5 Å². The summed E-state index contributed by atoms with van der Waals surface area (Å²) in [5.41, 5.74) is 1.27. The van der Waals surface area contributed by atoms with Gasteiger partial charge in [-0.25, -0.2) is 8.78 Å². The zero-order chi connectivity index (χ0) is 14.0. The van der Waals surface area contributed by atoms with E-state index in [1.54, 1.807) is 18.2 Å². The molecule has 1 atom stereocenters. The predicted octanol–water partition coefficient (Wildman–Crippen LogP) is 6.06. The van der Waals surface area contributed by atoms with Crippen LogP contribution >= 0.6 is 43.5 Å². The molecule has 5 heteroatoms. The molecule has 0 N–H and O–H groups in total. The van der Waals surface area contributed by atoms with Gasteiger partial charge in [-0.1, -0.05) is 61.7 Å². The Bertz CT molecular complexity index is 602. The minimum Gasteiger partial charge on any atom is -0.204 e. The fourth-order valence-electron chi connectivity index (χ4n) is 1.76. The van der Waals surface area contributed by atoms with Crippen molar-refractivity contribution in [1.82, 2.24) is 0 Å². The molecule has 0 saturated carbocycles. The van der Waals surface area contributed by atoms with E-state index in [1.807, 2.05) is 6.07 Å². The molecule has 0 aromatic heterocycles. The summed E-state index contributed by atoms with van der Waals surface area (Å²) >= 11 is 12.8. The van der Waals surface area contributed by atoms with E-state index in [1.165, 1.54) is 6.07 Å². The van der Waals surface area contributed by atoms with Crippen molar-refractivity contribution in [2.45, 2.75) is 11.2 Å². The third-order valence-corrected chi connectivity index (χ3v) is 4.47. The second-order valence-electron chi connectivity index (χ2n) is 4.05. The van der Waals surface area contributed by atoms with Gasteiger partial charge in [0.25, 0.3) is 0 Å². The maximum absolute atomic E-state index is 13.6. The van der Waals surface area contributed by atoms with Crippen LogP contribution in [-0.2, 0) is 6.42 Å². The molecular formula is C14H9Br2ClF2. The van der Waals surface area contributed by atoms with E-state index in [2.05, 4.69) is 31.9 Å². The normalized spacial score (nSPS) is 12.5. The van der Waals surface area contributed by atoms with Crippen molar-refractivity contribution in [2.75, 3.05) is 0 Å². The molecule has 0 nitrogen and oxygen atoms in total. The lowest BCUT2D eigenvalue weighted by atomic mass is 10.0. The smallest absolute Gasteiger partial charge is 0.162 e. The summed E-state index contributed by atoms with van der Waals surface area (Å²) in [4.78, 5) is -0.129.